The number of rotatable bonds is 6. The second-order valence-electron chi connectivity index (χ2n) is 4.62. The molecule has 0 amide bonds. The van der Waals surface area contributed by atoms with Crippen LogP contribution < -0.4 is 0 Å². The smallest absolute Gasteiger partial charge is 0.175 e. The second-order valence-corrected chi connectivity index (χ2v) is 9.80. The van der Waals surface area contributed by atoms with Gasteiger partial charge >= 0.3 is 0 Å². The Balaban J connectivity index is 1.80. The molecular weight excluding hydrogens is 416 g/mol. The number of hydrogen-bond acceptors (Lipinski definition) is 9. The van der Waals surface area contributed by atoms with Gasteiger partial charge in [-0.25, -0.2) is 4.98 Å². The van der Waals surface area contributed by atoms with Gasteiger partial charge in [-0.1, -0.05) is 53.4 Å². The van der Waals surface area contributed by atoms with Crippen LogP contribution >= 0.6 is 57.8 Å². The van der Waals surface area contributed by atoms with Gasteiger partial charge in [0.2, 0.25) is 0 Å². The molecule has 0 saturated heterocycles. The van der Waals surface area contributed by atoms with E-state index in [4.69, 9.17) is 11.6 Å². The highest BCUT2D eigenvalue weighted by Crippen LogP contribution is 2.33. The maximum absolute atomic E-state index is 10.3. The molecule has 2 heterocycles. The molecule has 0 aliphatic carbocycles. The first kappa shape index (κ1) is 18.5. The quantitative estimate of drug-likeness (QED) is 0.316. The largest absolute Gasteiger partial charge is 0.510 e. The maximum Gasteiger partial charge on any atom is 0.175 e. The third kappa shape index (κ3) is 4.46. The molecule has 5 nitrogen and oxygen atoms in total. The number of halogens is 1. The van der Waals surface area contributed by atoms with Crippen LogP contribution in [-0.2, 0) is 0 Å². The third-order valence-electron chi connectivity index (χ3n) is 2.95. The summed E-state index contributed by atoms with van der Waals surface area (Å²) in [5, 5.41) is 29.0. The average Bonchev–Trinajstić information content (AvgIpc) is 3.20. The Morgan fingerprint density at radius 3 is 2.76 bits per heavy atom. The van der Waals surface area contributed by atoms with Crippen molar-refractivity contribution in [3.8, 4) is 6.07 Å². The highest BCUT2D eigenvalue weighted by molar-refractivity contribution is 8.03. The lowest BCUT2D eigenvalue weighted by molar-refractivity contribution is 0.421. The average molecular weight is 427 g/mol. The molecule has 0 aliphatic heterocycles. The van der Waals surface area contributed by atoms with Gasteiger partial charge in [0.05, 0.1) is 16.0 Å². The van der Waals surface area contributed by atoms with Gasteiger partial charge in [0.1, 0.15) is 22.4 Å². The van der Waals surface area contributed by atoms with Gasteiger partial charge in [-0.15, -0.1) is 21.5 Å². The van der Waals surface area contributed by atoms with Gasteiger partial charge < -0.3 is 5.11 Å². The first-order valence-corrected chi connectivity index (χ1v) is 11.1. The zero-order valence-corrected chi connectivity index (χ0v) is 16.9. The van der Waals surface area contributed by atoms with E-state index in [1.165, 1.54) is 34.4 Å². The molecule has 0 spiro atoms. The Kier molecular flexibility index (Phi) is 6.19. The zero-order valence-electron chi connectivity index (χ0n) is 12.9. The van der Waals surface area contributed by atoms with Crippen molar-refractivity contribution in [3.05, 3.63) is 34.0 Å². The molecule has 0 aliphatic rings. The highest BCUT2D eigenvalue weighted by atomic mass is 35.5. The van der Waals surface area contributed by atoms with E-state index >= 15 is 0 Å². The van der Waals surface area contributed by atoms with Crippen molar-refractivity contribution in [3.63, 3.8) is 0 Å². The first-order chi connectivity index (χ1) is 12.1. The normalized spacial score (nSPS) is 12.2. The van der Waals surface area contributed by atoms with Crippen LogP contribution in [0.5, 0.6) is 0 Å². The maximum atomic E-state index is 10.3. The van der Waals surface area contributed by atoms with Gasteiger partial charge in [0.25, 0.3) is 0 Å². The summed E-state index contributed by atoms with van der Waals surface area (Å²) in [5.41, 5.74) is 0.892. The number of thioether (sulfide) groups is 2. The van der Waals surface area contributed by atoms with E-state index in [0.717, 1.165) is 19.1 Å². The van der Waals surface area contributed by atoms with Crippen molar-refractivity contribution < 1.29 is 5.11 Å². The van der Waals surface area contributed by atoms with Crippen LogP contribution in [-0.4, -0.2) is 31.8 Å². The molecule has 25 heavy (non-hydrogen) atoms. The van der Waals surface area contributed by atoms with Crippen molar-refractivity contribution in [1.82, 2.24) is 15.2 Å². The van der Waals surface area contributed by atoms with Gasteiger partial charge in [-0.3, -0.25) is 0 Å². The lowest BCUT2D eigenvalue weighted by atomic mass is 10.2. The van der Waals surface area contributed by atoms with Gasteiger partial charge in [-0.05, 0) is 24.0 Å². The van der Waals surface area contributed by atoms with E-state index in [2.05, 4.69) is 22.1 Å². The fourth-order valence-corrected chi connectivity index (χ4v) is 5.81. The number of thiazole rings is 1. The number of hydrogen-bond donors (Lipinski definition) is 1. The van der Waals surface area contributed by atoms with Crippen LogP contribution in [0.3, 0.4) is 0 Å². The zero-order chi connectivity index (χ0) is 17.8. The molecule has 0 saturated carbocycles. The summed E-state index contributed by atoms with van der Waals surface area (Å²) in [6.07, 6.45) is 0. The Bertz CT molecular complexity index is 975. The Hall–Kier alpha value is -1.31. The minimum atomic E-state index is -0.0162. The Morgan fingerprint density at radius 1 is 1.28 bits per heavy atom. The molecule has 0 bridgehead atoms. The summed E-state index contributed by atoms with van der Waals surface area (Å²) >= 11 is 11.8. The Labute approximate surface area is 165 Å². The fourth-order valence-electron chi connectivity index (χ4n) is 1.88. The SMILES string of the molecule is CCSc1nnc(SC/C(O)=C(\C#N)c2nc3cc(Cl)ccc3s2)s1. The number of nitriles is 1. The monoisotopic (exact) mass is 426 g/mol. The second kappa shape index (κ2) is 8.38. The van der Waals surface area contributed by atoms with Gasteiger partial charge in [0, 0.05) is 5.02 Å². The number of allylic oxidation sites excluding steroid dienone is 1. The topological polar surface area (TPSA) is 82.7 Å². The van der Waals surface area contributed by atoms with E-state index in [1.807, 2.05) is 12.1 Å². The van der Waals surface area contributed by atoms with Gasteiger partial charge in [0.15, 0.2) is 8.68 Å². The molecule has 10 heteroatoms. The summed E-state index contributed by atoms with van der Waals surface area (Å²) in [4.78, 5) is 4.40. The van der Waals surface area contributed by atoms with Crippen molar-refractivity contribution in [1.29, 1.82) is 5.26 Å². The third-order valence-corrected chi connectivity index (χ3v) is 7.32. The van der Waals surface area contributed by atoms with E-state index in [1.54, 1.807) is 23.9 Å². The highest BCUT2D eigenvalue weighted by Gasteiger charge is 2.15. The lowest BCUT2D eigenvalue weighted by Gasteiger charge is -2.00. The van der Waals surface area contributed by atoms with E-state index in [0.29, 0.717) is 15.5 Å². The van der Waals surface area contributed by atoms with Crippen LogP contribution in [0.4, 0.5) is 0 Å². The van der Waals surface area contributed by atoms with Crippen molar-refractivity contribution in [2.75, 3.05) is 11.5 Å². The molecule has 1 aromatic carbocycles. The molecular formula is C15H11ClN4OS4. The summed E-state index contributed by atoms with van der Waals surface area (Å²) in [6.45, 7) is 2.05. The lowest BCUT2D eigenvalue weighted by Crippen LogP contribution is -1.92. The molecule has 3 rings (SSSR count). The minimum Gasteiger partial charge on any atom is -0.510 e. The summed E-state index contributed by atoms with van der Waals surface area (Å²) in [7, 11) is 0. The molecule has 1 N–H and O–H groups in total. The summed E-state index contributed by atoms with van der Waals surface area (Å²) < 4.78 is 2.57. The van der Waals surface area contributed by atoms with Crippen LogP contribution in [0, 0.1) is 11.3 Å². The van der Waals surface area contributed by atoms with Crippen LogP contribution in [0.15, 0.2) is 32.6 Å². The molecule has 0 radical (unpaired) electrons. The van der Waals surface area contributed by atoms with Crippen molar-refractivity contribution in [2.45, 2.75) is 15.6 Å². The molecule has 0 fully saturated rings. The predicted octanol–water partition coefficient (Wildman–Crippen LogP) is 5.50. The number of benzene rings is 1. The molecule has 128 valence electrons. The number of aromatic nitrogens is 3. The number of aliphatic hydroxyl groups excluding tert-OH is 1. The Morgan fingerprint density at radius 2 is 2.04 bits per heavy atom. The van der Waals surface area contributed by atoms with Crippen LogP contribution in [0.1, 0.15) is 11.9 Å². The summed E-state index contributed by atoms with van der Waals surface area (Å²) in [5.74, 6) is 1.16. The number of nitrogens with zero attached hydrogens (tertiary/aromatic N) is 4. The first-order valence-electron chi connectivity index (χ1n) is 7.08. The van der Waals surface area contributed by atoms with Gasteiger partial charge in [-0.2, -0.15) is 5.26 Å². The predicted molar refractivity (Wildman–Crippen MR) is 107 cm³/mol. The van der Waals surface area contributed by atoms with Crippen LogP contribution in [0.25, 0.3) is 15.8 Å². The fraction of sp³-hybridized carbons (Fsp3) is 0.200. The minimum absolute atomic E-state index is 0.0162. The van der Waals surface area contributed by atoms with E-state index in [9.17, 15) is 10.4 Å². The van der Waals surface area contributed by atoms with E-state index < -0.39 is 0 Å². The standard InChI is InChI=1S/C15H11ClN4OS4/c1-2-22-14-19-20-15(25-14)23-7-11(21)9(6-17)13-18-10-5-8(16)3-4-12(10)24-13/h3-5,21H,2,7H2,1H3/b11-9-. The van der Waals surface area contributed by atoms with Crippen molar-refractivity contribution in [2.24, 2.45) is 0 Å². The molecule has 2 aromatic heterocycles. The molecule has 3 aromatic rings. The molecule has 0 atom stereocenters. The number of aliphatic hydroxyl groups is 1. The van der Waals surface area contributed by atoms with Crippen LogP contribution in [0.2, 0.25) is 5.02 Å². The van der Waals surface area contributed by atoms with Crippen molar-refractivity contribution >= 4 is 73.6 Å². The summed E-state index contributed by atoms with van der Waals surface area (Å²) in [6, 6.07) is 7.42. The molecule has 0 unspecified atom stereocenters. The van der Waals surface area contributed by atoms with E-state index in [-0.39, 0.29) is 17.1 Å². The number of fused-ring (bicyclic) bond motifs is 1.